The number of benzene rings is 1. The van der Waals surface area contributed by atoms with E-state index in [-0.39, 0.29) is 11.3 Å². The van der Waals surface area contributed by atoms with E-state index in [0.29, 0.717) is 11.5 Å². The van der Waals surface area contributed by atoms with Crippen LogP contribution in [0.4, 0.5) is 0 Å². The van der Waals surface area contributed by atoms with Crippen molar-refractivity contribution in [2.24, 2.45) is 11.0 Å². The summed E-state index contributed by atoms with van der Waals surface area (Å²) in [7, 11) is 0. The molecule has 0 bridgehead atoms. The molecular formula is C18H26N2O. The van der Waals surface area contributed by atoms with Gasteiger partial charge in [0.05, 0.1) is 0 Å². The van der Waals surface area contributed by atoms with Gasteiger partial charge in [0.1, 0.15) is 0 Å². The lowest BCUT2D eigenvalue weighted by atomic mass is 9.87. The molecule has 1 aromatic rings. The number of nitrogens with one attached hydrogen (secondary N) is 1. The Hall–Kier alpha value is -1.64. The number of amides is 1. The van der Waals surface area contributed by atoms with Crippen LogP contribution in [0.25, 0.3) is 0 Å². The molecule has 3 nitrogen and oxygen atoms in total. The van der Waals surface area contributed by atoms with E-state index < -0.39 is 0 Å². The fourth-order valence-corrected chi connectivity index (χ4v) is 2.68. The van der Waals surface area contributed by atoms with Crippen molar-refractivity contribution in [3.63, 3.8) is 0 Å². The van der Waals surface area contributed by atoms with Crippen molar-refractivity contribution in [2.75, 3.05) is 0 Å². The molecule has 21 heavy (non-hydrogen) atoms. The fourth-order valence-electron chi connectivity index (χ4n) is 2.68. The summed E-state index contributed by atoms with van der Waals surface area (Å²) >= 11 is 0. The summed E-state index contributed by atoms with van der Waals surface area (Å²) in [5.41, 5.74) is 5.81. The smallest absolute Gasteiger partial charge is 0.267 e. The highest BCUT2D eigenvalue weighted by atomic mass is 16.2. The largest absolute Gasteiger partial charge is 0.271 e. The Kier molecular flexibility index (Phi) is 4.81. The van der Waals surface area contributed by atoms with Gasteiger partial charge in [0.25, 0.3) is 5.91 Å². The molecule has 3 heteroatoms. The van der Waals surface area contributed by atoms with Gasteiger partial charge in [0.2, 0.25) is 0 Å². The SMILES string of the molecule is C[C@@H]1CCC/C(=N\NC(=O)c2ccc(C(C)(C)C)cc2)C1. The summed E-state index contributed by atoms with van der Waals surface area (Å²) in [5.74, 6) is 0.557. The minimum absolute atomic E-state index is 0.105. The molecule has 1 aromatic carbocycles. The number of carbonyl (C=O) groups is 1. The number of nitrogens with zero attached hydrogens (tertiary/aromatic N) is 1. The van der Waals surface area contributed by atoms with Gasteiger partial charge in [-0.25, -0.2) is 5.43 Å². The van der Waals surface area contributed by atoms with E-state index in [0.717, 1.165) is 18.6 Å². The molecule has 1 N–H and O–H groups in total. The summed E-state index contributed by atoms with van der Waals surface area (Å²) < 4.78 is 0. The lowest BCUT2D eigenvalue weighted by molar-refractivity contribution is 0.0954. The zero-order valence-corrected chi connectivity index (χ0v) is 13.6. The van der Waals surface area contributed by atoms with Crippen LogP contribution in [0.3, 0.4) is 0 Å². The van der Waals surface area contributed by atoms with Crippen LogP contribution >= 0.6 is 0 Å². The van der Waals surface area contributed by atoms with Gasteiger partial charge in [0.15, 0.2) is 0 Å². The van der Waals surface area contributed by atoms with Crippen LogP contribution in [0.5, 0.6) is 0 Å². The quantitative estimate of drug-likeness (QED) is 0.810. The predicted molar refractivity (Wildman–Crippen MR) is 87.7 cm³/mol. The number of carbonyl (C=O) groups excluding carboxylic acids is 1. The van der Waals surface area contributed by atoms with Gasteiger partial charge >= 0.3 is 0 Å². The molecule has 2 rings (SSSR count). The summed E-state index contributed by atoms with van der Waals surface area (Å²) in [5, 5.41) is 4.30. The average Bonchev–Trinajstić information content (AvgIpc) is 2.44. The van der Waals surface area contributed by atoms with Crippen molar-refractivity contribution < 1.29 is 4.79 Å². The maximum Gasteiger partial charge on any atom is 0.271 e. The van der Waals surface area contributed by atoms with Gasteiger partial charge in [-0.1, -0.05) is 39.8 Å². The Labute approximate surface area is 127 Å². The molecule has 0 aliphatic heterocycles. The van der Waals surface area contributed by atoms with Crippen LogP contribution in [-0.4, -0.2) is 11.6 Å². The third-order valence-corrected chi connectivity index (χ3v) is 4.08. The third-order valence-electron chi connectivity index (χ3n) is 4.08. The number of hydrogen-bond acceptors (Lipinski definition) is 2. The van der Waals surface area contributed by atoms with E-state index >= 15 is 0 Å². The molecule has 0 saturated heterocycles. The standard InChI is InChI=1S/C18H26N2O/c1-13-6-5-7-16(12-13)19-20-17(21)14-8-10-15(11-9-14)18(2,3)4/h8-11,13H,5-7,12H2,1-4H3,(H,20,21)/b19-16+/t13-/m1/s1. The lowest BCUT2D eigenvalue weighted by Crippen LogP contribution is -2.22. The van der Waals surface area contributed by atoms with Gasteiger partial charge < -0.3 is 0 Å². The number of hydrogen-bond donors (Lipinski definition) is 1. The molecule has 0 radical (unpaired) electrons. The van der Waals surface area contributed by atoms with Gasteiger partial charge in [-0.05, 0) is 54.7 Å². The highest BCUT2D eigenvalue weighted by molar-refractivity contribution is 5.95. The molecular weight excluding hydrogens is 260 g/mol. The Morgan fingerprint density at radius 3 is 2.48 bits per heavy atom. The van der Waals surface area contributed by atoms with Crippen molar-refractivity contribution in [1.82, 2.24) is 5.43 Å². The summed E-state index contributed by atoms with van der Waals surface area (Å²) in [6, 6.07) is 7.79. The van der Waals surface area contributed by atoms with Crippen molar-refractivity contribution in [2.45, 2.75) is 58.8 Å². The zero-order chi connectivity index (χ0) is 15.5. The van der Waals surface area contributed by atoms with Crippen molar-refractivity contribution in [3.8, 4) is 0 Å². The van der Waals surface area contributed by atoms with Gasteiger partial charge in [-0.3, -0.25) is 4.79 Å². The second-order valence-electron chi connectivity index (χ2n) is 7.15. The van der Waals surface area contributed by atoms with Crippen LogP contribution in [0.1, 0.15) is 69.3 Å². The number of hydrazone groups is 1. The van der Waals surface area contributed by atoms with Crippen LogP contribution in [-0.2, 0) is 5.41 Å². The molecule has 0 heterocycles. The maximum absolute atomic E-state index is 12.1. The first-order valence-corrected chi connectivity index (χ1v) is 7.82. The number of rotatable bonds is 2. The zero-order valence-electron chi connectivity index (χ0n) is 13.6. The molecule has 0 aromatic heterocycles. The first kappa shape index (κ1) is 15.7. The molecule has 0 unspecified atom stereocenters. The maximum atomic E-state index is 12.1. The molecule has 1 atom stereocenters. The van der Waals surface area contributed by atoms with E-state index in [1.807, 2.05) is 24.3 Å². The molecule has 114 valence electrons. The fraction of sp³-hybridized carbons (Fsp3) is 0.556. The van der Waals surface area contributed by atoms with E-state index in [1.54, 1.807) is 0 Å². The first-order chi connectivity index (χ1) is 9.86. The molecule has 1 aliphatic rings. The summed E-state index contributed by atoms with van der Waals surface area (Å²) in [6.07, 6.45) is 4.45. The van der Waals surface area contributed by atoms with Crippen LogP contribution in [0.2, 0.25) is 0 Å². The van der Waals surface area contributed by atoms with Gasteiger partial charge in [0, 0.05) is 11.3 Å². The molecule has 0 spiro atoms. The monoisotopic (exact) mass is 286 g/mol. The predicted octanol–water partition coefficient (Wildman–Crippen LogP) is 4.28. The van der Waals surface area contributed by atoms with Gasteiger partial charge in [-0.2, -0.15) is 5.10 Å². The van der Waals surface area contributed by atoms with E-state index in [4.69, 9.17) is 0 Å². The van der Waals surface area contributed by atoms with E-state index in [1.165, 1.54) is 18.4 Å². The molecule has 1 fully saturated rings. The first-order valence-electron chi connectivity index (χ1n) is 7.82. The Balaban J connectivity index is 1.99. The second kappa shape index (κ2) is 6.42. The Morgan fingerprint density at radius 2 is 1.90 bits per heavy atom. The highest BCUT2D eigenvalue weighted by Crippen LogP contribution is 2.22. The second-order valence-corrected chi connectivity index (χ2v) is 7.15. The van der Waals surface area contributed by atoms with Crippen molar-refractivity contribution in [1.29, 1.82) is 0 Å². The summed E-state index contributed by atoms with van der Waals surface area (Å²) in [6.45, 7) is 8.73. The normalized spacial score (nSPS) is 21.3. The third kappa shape index (κ3) is 4.42. The van der Waals surface area contributed by atoms with Crippen LogP contribution < -0.4 is 5.43 Å². The van der Waals surface area contributed by atoms with E-state index in [2.05, 4.69) is 38.2 Å². The molecule has 1 aliphatic carbocycles. The lowest BCUT2D eigenvalue weighted by Gasteiger charge is -2.19. The van der Waals surface area contributed by atoms with Gasteiger partial charge in [-0.15, -0.1) is 0 Å². The Bertz CT molecular complexity index is 523. The van der Waals surface area contributed by atoms with Crippen LogP contribution in [0, 0.1) is 5.92 Å². The van der Waals surface area contributed by atoms with Crippen LogP contribution in [0.15, 0.2) is 29.4 Å². The summed E-state index contributed by atoms with van der Waals surface area (Å²) in [4.78, 5) is 12.1. The topological polar surface area (TPSA) is 41.5 Å². The molecule has 1 saturated carbocycles. The van der Waals surface area contributed by atoms with Crippen molar-refractivity contribution in [3.05, 3.63) is 35.4 Å². The Morgan fingerprint density at radius 1 is 1.24 bits per heavy atom. The minimum atomic E-state index is -0.124. The highest BCUT2D eigenvalue weighted by Gasteiger charge is 2.16. The molecule has 1 amide bonds. The average molecular weight is 286 g/mol. The van der Waals surface area contributed by atoms with E-state index in [9.17, 15) is 4.79 Å². The van der Waals surface area contributed by atoms with Crippen molar-refractivity contribution >= 4 is 11.6 Å². The minimum Gasteiger partial charge on any atom is -0.267 e.